The molecular formula is C11H14N2O3S. The van der Waals surface area contributed by atoms with Gasteiger partial charge in [-0.15, -0.1) is 0 Å². The third-order valence-corrected chi connectivity index (χ3v) is 3.11. The van der Waals surface area contributed by atoms with Gasteiger partial charge in [-0.25, -0.2) is 0 Å². The van der Waals surface area contributed by atoms with E-state index in [4.69, 9.17) is 10.3 Å². The summed E-state index contributed by atoms with van der Waals surface area (Å²) in [5, 5.41) is 2.79. The molecule has 0 heterocycles. The molecule has 5 nitrogen and oxygen atoms in total. The van der Waals surface area contributed by atoms with Gasteiger partial charge in [-0.2, -0.15) is 8.42 Å². The molecule has 0 atom stereocenters. The summed E-state index contributed by atoms with van der Waals surface area (Å²) in [6.45, 7) is 7.32. The van der Waals surface area contributed by atoms with Gasteiger partial charge < -0.3 is 11.1 Å². The van der Waals surface area contributed by atoms with Crippen molar-refractivity contribution in [2.24, 2.45) is 5.73 Å². The zero-order valence-electron chi connectivity index (χ0n) is 9.40. The second-order valence-electron chi connectivity index (χ2n) is 3.44. The van der Waals surface area contributed by atoms with E-state index in [1.165, 1.54) is 18.2 Å². The Labute approximate surface area is 100 Å². The highest BCUT2D eigenvalue weighted by atomic mass is 32.2. The van der Waals surface area contributed by atoms with Gasteiger partial charge in [-0.05, 0) is 12.1 Å². The third-order valence-electron chi connectivity index (χ3n) is 2.26. The molecule has 1 rings (SSSR count). The lowest BCUT2D eigenvalue weighted by molar-refractivity contribution is 0.483. The highest BCUT2D eigenvalue weighted by Gasteiger charge is 2.14. The Balaban J connectivity index is 3.50. The topological polar surface area (TPSA) is 92.4 Å². The number of nitrogens with two attached hydrogens (primary N) is 1. The van der Waals surface area contributed by atoms with Crippen molar-refractivity contribution >= 4 is 21.5 Å². The molecule has 1 aromatic rings. The van der Waals surface area contributed by atoms with Crippen LogP contribution >= 0.6 is 0 Å². The minimum Gasteiger partial charge on any atom is -0.399 e. The fraction of sp³-hybridized carbons (Fsp3) is 0.0909. The highest BCUT2D eigenvalue weighted by molar-refractivity contribution is 7.85. The summed E-state index contributed by atoms with van der Waals surface area (Å²) in [6, 6.07) is 4.03. The molecule has 0 saturated carbocycles. The molecule has 0 unspecified atom stereocenters. The van der Waals surface area contributed by atoms with Crippen LogP contribution in [0.15, 0.2) is 36.3 Å². The molecular weight excluding hydrogens is 240 g/mol. The molecule has 0 aliphatic heterocycles. The molecule has 0 aromatic heterocycles. The number of hydrogen-bond donors (Lipinski definition) is 3. The Morgan fingerprint density at radius 1 is 1.35 bits per heavy atom. The van der Waals surface area contributed by atoms with E-state index >= 15 is 0 Å². The second-order valence-corrected chi connectivity index (χ2v) is 4.86. The Morgan fingerprint density at radius 2 is 1.94 bits per heavy atom. The average Bonchev–Trinajstić information content (AvgIpc) is 2.25. The molecule has 0 radical (unpaired) electrons. The second kappa shape index (κ2) is 4.60. The van der Waals surface area contributed by atoms with Crippen molar-refractivity contribution in [3.8, 4) is 0 Å². The SMILES string of the molecule is C=C(N)c1ccc(S(=O)(=O)O)cc1C(=C)NC. The first-order chi connectivity index (χ1) is 7.77. The van der Waals surface area contributed by atoms with Gasteiger partial charge in [0.1, 0.15) is 0 Å². The number of hydrogen-bond acceptors (Lipinski definition) is 4. The Morgan fingerprint density at radius 3 is 2.35 bits per heavy atom. The molecule has 0 amide bonds. The van der Waals surface area contributed by atoms with E-state index in [2.05, 4.69) is 18.5 Å². The van der Waals surface area contributed by atoms with Gasteiger partial charge in [-0.3, -0.25) is 4.55 Å². The normalized spacial score (nSPS) is 10.9. The van der Waals surface area contributed by atoms with Crippen LogP contribution in [0.2, 0.25) is 0 Å². The van der Waals surface area contributed by atoms with E-state index in [0.29, 0.717) is 22.5 Å². The number of benzene rings is 1. The predicted molar refractivity (Wildman–Crippen MR) is 67.6 cm³/mol. The van der Waals surface area contributed by atoms with Crippen LogP contribution in [-0.2, 0) is 10.1 Å². The zero-order valence-corrected chi connectivity index (χ0v) is 10.2. The summed E-state index contributed by atoms with van der Waals surface area (Å²) in [5.41, 5.74) is 7.41. The summed E-state index contributed by atoms with van der Waals surface area (Å²) in [4.78, 5) is -0.214. The van der Waals surface area contributed by atoms with Crippen LogP contribution < -0.4 is 11.1 Å². The molecule has 0 bridgehead atoms. The molecule has 17 heavy (non-hydrogen) atoms. The largest absolute Gasteiger partial charge is 0.399 e. The molecule has 0 fully saturated rings. The lowest BCUT2D eigenvalue weighted by Crippen LogP contribution is -2.09. The summed E-state index contributed by atoms with van der Waals surface area (Å²) in [5.74, 6) is 0. The third kappa shape index (κ3) is 2.86. The van der Waals surface area contributed by atoms with E-state index < -0.39 is 10.1 Å². The Hall–Kier alpha value is -1.79. The van der Waals surface area contributed by atoms with E-state index in [1.54, 1.807) is 7.05 Å². The maximum absolute atomic E-state index is 11.0. The molecule has 4 N–H and O–H groups in total. The van der Waals surface area contributed by atoms with Gasteiger partial charge in [0.05, 0.1) is 4.90 Å². The fourth-order valence-corrected chi connectivity index (χ4v) is 1.85. The Kier molecular flexibility index (Phi) is 3.59. The quantitative estimate of drug-likeness (QED) is 0.698. The smallest absolute Gasteiger partial charge is 0.294 e. The molecule has 92 valence electrons. The van der Waals surface area contributed by atoms with Crippen molar-refractivity contribution in [1.29, 1.82) is 0 Å². The van der Waals surface area contributed by atoms with Gasteiger partial charge in [0, 0.05) is 29.6 Å². The molecule has 0 aliphatic rings. The maximum atomic E-state index is 11.0. The van der Waals surface area contributed by atoms with Crippen molar-refractivity contribution in [1.82, 2.24) is 5.32 Å². The standard InChI is InChI=1S/C11H14N2O3S/c1-7(12)10-5-4-9(17(14,15)16)6-11(10)8(2)13-3/h4-6,13H,1-2,12H2,3H3,(H,14,15,16). The first-order valence-electron chi connectivity index (χ1n) is 4.70. The first-order valence-corrected chi connectivity index (χ1v) is 6.14. The minimum atomic E-state index is -4.25. The van der Waals surface area contributed by atoms with Crippen molar-refractivity contribution in [2.75, 3.05) is 7.05 Å². The summed E-state index contributed by atoms with van der Waals surface area (Å²) >= 11 is 0. The van der Waals surface area contributed by atoms with Gasteiger partial charge in [0.15, 0.2) is 0 Å². The van der Waals surface area contributed by atoms with Crippen molar-refractivity contribution < 1.29 is 13.0 Å². The van der Waals surface area contributed by atoms with E-state index in [1.807, 2.05) is 0 Å². The van der Waals surface area contributed by atoms with Crippen LogP contribution in [0.3, 0.4) is 0 Å². The fourth-order valence-electron chi connectivity index (χ4n) is 1.35. The predicted octanol–water partition coefficient (Wildman–Crippen LogP) is 1.05. The minimum absolute atomic E-state index is 0.214. The summed E-state index contributed by atoms with van der Waals surface area (Å²) in [6.07, 6.45) is 0. The monoisotopic (exact) mass is 254 g/mol. The van der Waals surface area contributed by atoms with Crippen LogP contribution in [0.25, 0.3) is 11.4 Å². The van der Waals surface area contributed by atoms with Gasteiger partial charge in [-0.1, -0.05) is 19.2 Å². The molecule has 0 aliphatic carbocycles. The van der Waals surface area contributed by atoms with Crippen molar-refractivity contribution in [2.45, 2.75) is 4.90 Å². The highest BCUT2D eigenvalue weighted by Crippen LogP contribution is 2.23. The lowest BCUT2D eigenvalue weighted by Gasteiger charge is -2.12. The van der Waals surface area contributed by atoms with Gasteiger partial charge in [0.2, 0.25) is 0 Å². The van der Waals surface area contributed by atoms with E-state index in [9.17, 15) is 8.42 Å². The Bertz CT molecular complexity index is 576. The van der Waals surface area contributed by atoms with Crippen LogP contribution in [-0.4, -0.2) is 20.0 Å². The van der Waals surface area contributed by atoms with Gasteiger partial charge >= 0.3 is 0 Å². The van der Waals surface area contributed by atoms with Crippen LogP contribution in [0.5, 0.6) is 0 Å². The molecule has 6 heteroatoms. The van der Waals surface area contributed by atoms with Crippen LogP contribution in [0, 0.1) is 0 Å². The van der Waals surface area contributed by atoms with Crippen molar-refractivity contribution in [3.63, 3.8) is 0 Å². The summed E-state index contributed by atoms with van der Waals surface area (Å²) < 4.78 is 31.0. The first kappa shape index (κ1) is 13.3. The van der Waals surface area contributed by atoms with Crippen LogP contribution in [0.4, 0.5) is 0 Å². The lowest BCUT2D eigenvalue weighted by atomic mass is 10.0. The zero-order chi connectivity index (χ0) is 13.2. The average molecular weight is 254 g/mol. The van der Waals surface area contributed by atoms with Gasteiger partial charge in [0.25, 0.3) is 10.1 Å². The van der Waals surface area contributed by atoms with E-state index in [0.717, 1.165) is 0 Å². The summed E-state index contributed by atoms with van der Waals surface area (Å²) in [7, 11) is -2.60. The number of rotatable bonds is 4. The molecule has 0 saturated heterocycles. The maximum Gasteiger partial charge on any atom is 0.294 e. The van der Waals surface area contributed by atoms with Crippen molar-refractivity contribution in [3.05, 3.63) is 42.5 Å². The molecule has 0 spiro atoms. The molecule has 1 aromatic carbocycles. The van der Waals surface area contributed by atoms with Crippen LogP contribution in [0.1, 0.15) is 11.1 Å². The van der Waals surface area contributed by atoms with E-state index in [-0.39, 0.29) is 4.90 Å². The number of nitrogens with one attached hydrogen (secondary N) is 1.